The first kappa shape index (κ1) is 12.8. The van der Waals surface area contributed by atoms with Crippen LogP contribution >= 0.6 is 0 Å². The quantitative estimate of drug-likeness (QED) is 0.776. The van der Waals surface area contributed by atoms with Gasteiger partial charge in [-0.2, -0.15) is 0 Å². The number of nitrogens with one attached hydrogen (secondary N) is 2. The maximum absolute atomic E-state index is 12.3. The molecule has 0 aromatic heterocycles. The van der Waals surface area contributed by atoms with Crippen LogP contribution in [0.2, 0.25) is 0 Å². The molecular weight excluding hydrogens is 216 g/mol. The number of hydrogen-bond acceptors (Lipinski definition) is 3. The predicted molar refractivity (Wildman–Crippen MR) is 66.8 cm³/mol. The molecule has 2 saturated heterocycles. The van der Waals surface area contributed by atoms with Gasteiger partial charge in [0.2, 0.25) is 5.91 Å². The van der Waals surface area contributed by atoms with Gasteiger partial charge in [-0.15, -0.1) is 0 Å². The third-order valence-electron chi connectivity index (χ3n) is 4.16. The first-order valence-corrected chi connectivity index (χ1v) is 6.85. The van der Waals surface area contributed by atoms with Gasteiger partial charge in [-0.25, -0.2) is 0 Å². The molecule has 0 aliphatic carbocycles. The fourth-order valence-corrected chi connectivity index (χ4v) is 2.90. The molecule has 0 saturated carbocycles. The molecule has 1 amide bonds. The molecule has 2 rings (SSSR count). The predicted octanol–water partition coefficient (Wildman–Crippen LogP) is 1.20. The van der Waals surface area contributed by atoms with Crippen LogP contribution in [0.25, 0.3) is 0 Å². The highest BCUT2D eigenvalue weighted by atomic mass is 16.5. The van der Waals surface area contributed by atoms with E-state index in [4.69, 9.17) is 4.74 Å². The zero-order valence-corrected chi connectivity index (χ0v) is 10.9. The summed E-state index contributed by atoms with van der Waals surface area (Å²) < 4.78 is 5.61. The molecule has 4 heteroatoms. The van der Waals surface area contributed by atoms with Crippen molar-refractivity contribution in [2.24, 2.45) is 0 Å². The van der Waals surface area contributed by atoms with Gasteiger partial charge in [-0.05, 0) is 45.6 Å². The van der Waals surface area contributed by atoms with E-state index < -0.39 is 0 Å². The first-order chi connectivity index (χ1) is 8.18. The zero-order valence-electron chi connectivity index (χ0n) is 10.9. The van der Waals surface area contributed by atoms with Crippen LogP contribution in [0.5, 0.6) is 0 Å². The molecule has 2 fully saturated rings. The van der Waals surface area contributed by atoms with Crippen molar-refractivity contribution in [3.05, 3.63) is 0 Å². The van der Waals surface area contributed by atoms with Gasteiger partial charge < -0.3 is 15.4 Å². The molecule has 0 bridgehead atoms. The Hall–Kier alpha value is -0.610. The summed E-state index contributed by atoms with van der Waals surface area (Å²) in [5, 5.41) is 6.49. The lowest BCUT2D eigenvalue weighted by Crippen LogP contribution is -2.56. The summed E-state index contributed by atoms with van der Waals surface area (Å²) in [6.07, 6.45) is 5.28. The zero-order chi connectivity index (χ0) is 12.3. The third kappa shape index (κ3) is 2.63. The summed E-state index contributed by atoms with van der Waals surface area (Å²) in [5.74, 6) is 0.153. The van der Waals surface area contributed by atoms with Crippen molar-refractivity contribution >= 4 is 5.91 Å². The number of carbonyl (C=O) groups is 1. The van der Waals surface area contributed by atoms with E-state index in [0.29, 0.717) is 0 Å². The largest absolute Gasteiger partial charge is 0.376 e. The van der Waals surface area contributed by atoms with Gasteiger partial charge in [0.25, 0.3) is 0 Å². The third-order valence-corrected chi connectivity index (χ3v) is 4.16. The molecule has 2 N–H and O–H groups in total. The number of ether oxygens (including phenoxy) is 1. The summed E-state index contributed by atoms with van der Waals surface area (Å²) in [5.41, 5.74) is -0.327. The van der Waals surface area contributed by atoms with Crippen LogP contribution in [-0.4, -0.2) is 36.7 Å². The van der Waals surface area contributed by atoms with E-state index in [1.807, 2.05) is 6.92 Å². The Kier molecular flexibility index (Phi) is 4.05. The Morgan fingerprint density at radius 3 is 2.94 bits per heavy atom. The second-order valence-corrected chi connectivity index (χ2v) is 5.28. The molecule has 0 aromatic carbocycles. The van der Waals surface area contributed by atoms with Crippen molar-refractivity contribution in [3.63, 3.8) is 0 Å². The first-order valence-electron chi connectivity index (χ1n) is 6.85. The van der Waals surface area contributed by atoms with E-state index >= 15 is 0 Å². The highest BCUT2D eigenvalue weighted by Gasteiger charge is 2.40. The second kappa shape index (κ2) is 5.36. The van der Waals surface area contributed by atoms with Crippen LogP contribution in [0.1, 0.15) is 46.0 Å². The van der Waals surface area contributed by atoms with Crippen LogP contribution in [-0.2, 0) is 9.53 Å². The molecule has 2 aliphatic heterocycles. The summed E-state index contributed by atoms with van der Waals surface area (Å²) in [7, 11) is 0. The van der Waals surface area contributed by atoms with Crippen LogP contribution < -0.4 is 10.6 Å². The fourth-order valence-electron chi connectivity index (χ4n) is 2.90. The van der Waals surface area contributed by atoms with E-state index in [1.165, 1.54) is 0 Å². The van der Waals surface area contributed by atoms with Crippen LogP contribution in [0.4, 0.5) is 0 Å². The van der Waals surface area contributed by atoms with Gasteiger partial charge in [-0.3, -0.25) is 4.79 Å². The fraction of sp³-hybridized carbons (Fsp3) is 0.923. The second-order valence-electron chi connectivity index (χ2n) is 5.28. The molecule has 2 heterocycles. The van der Waals surface area contributed by atoms with Crippen molar-refractivity contribution in [2.45, 2.75) is 63.6 Å². The average molecular weight is 240 g/mol. The van der Waals surface area contributed by atoms with Gasteiger partial charge in [-0.1, -0.05) is 6.92 Å². The summed E-state index contributed by atoms with van der Waals surface area (Å²) in [6.45, 7) is 5.92. The lowest BCUT2D eigenvalue weighted by atomic mass is 9.92. The van der Waals surface area contributed by atoms with Crippen LogP contribution in [0.15, 0.2) is 0 Å². The van der Waals surface area contributed by atoms with Crippen molar-refractivity contribution in [1.29, 1.82) is 0 Å². The minimum atomic E-state index is -0.327. The Balaban J connectivity index is 1.90. The van der Waals surface area contributed by atoms with E-state index in [0.717, 1.165) is 45.3 Å². The molecule has 0 aromatic rings. The molecule has 3 atom stereocenters. The van der Waals surface area contributed by atoms with Crippen molar-refractivity contribution in [1.82, 2.24) is 10.6 Å². The maximum Gasteiger partial charge on any atom is 0.240 e. The average Bonchev–Trinajstić information content (AvgIpc) is 3.01. The minimum Gasteiger partial charge on any atom is -0.376 e. The molecule has 17 heavy (non-hydrogen) atoms. The van der Waals surface area contributed by atoms with Crippen molar-refractivity contribution in [2.75, 3.05) is 13.2 Å². The van der Waals surface area contributed by atoms with E-state index in [2.05, 4.69) is 17.6 Å². The van der Waals surface area contributed by atoms with Gasteiger partial charge in [0.15, 0.2) is 0 Å². The molecule has 4 nitrogen and oxygen atoms in total. The molecule has 2 aliphatic rings. The molecule has 0 radical (unpaired) electrons. The lowest BCUT2D eigenvalue weighted by Gasteiger charge is -2.30. The number of carbonyl (C=O) groups excluding carboxylic acids is 1. The standard InChI is InChI=1S/C13H24N2O2/c1-3-13(7-5-8-14-13)12(16)15-10(2)11-6-4-9-17-11/h10-11,14H,3-9H2,1-2H3,(H,15,16). The molecule has 98 valence electrons. The van der Waals surface area contributed by atoms with Crippen molar-refractivity contribution in [3.8, 4) is 0 Å². The van der Waals surface area contributed by atoms with E-state index in [-0.39, 0.29) is 23.6 Å². The summed E-state index contributed by atoms with van der Waals surface area (Å²) >= 11 is 0. The van der Waals surface area contributed by atoms with E-state index in [1.54, 1.807) is 0 Å². The summed E-state index contributed by atoms with van der Waals surface area (Å²) in [6, 6.07) is 0.121. The van der Waals surface area contributed by atoms with Crippen LogP contribution in [0.3, 0.4) is 0 Å². The SMILES string of the molecule is CCC1(C(=O)NC(C)C2CCCO2)CCCN1. The lowest BCUT2D eigenvalue weighted by molar-refractivity contribution is -0.128. The van der Waals surface area contributed by atoms with Gasteiger partial charge in [0.05, 0.1) is 17.7 Å². The minimum absolute atomic E-state index is 0.121. The highest BCUT2D eigenvalue weighted by molar-refractivity contribution is 5.86. The topological polar surface area (TPSA) is 50.4 Å². The molecule has 3 unspecified atom stereocenters. The Labute approximate surface area is 103 Å². The van der Waals surface area contributed by atoms with Crippen LogP contribution in [0, 0.1) is 0 Å². The number of hydrogen-bond donors (Lipinski definition) is 2. The van der Waals surface area contributed by atoms with Crippen molar-refractivity contribution < 1.29 is 9.53 Å². The normalized spacial score (nSPS) is 34.8. The monoisotopic (exact) mass is 240 g/mol. The number of rotatable bonds is 4. The molecule has 0 spiro atoms. The molecular formula is C13H24N2O2. The Morgan fingerprint density at radius 2 is 2.41 bits per heavy atom. The van der Waals surface area contributed by atoms with Gasteiger partial charge >= 0.3 is 0 Å². The Bertz CT molecular complexity index is 269. The van der Waals surface area contributed by atoms with Gasteiger partial charge in [0.1, 0.15) is 0 Å². The summed E-state index contributed by atoms with van der Waals surface area (Å²) in [4.78, 5) is 12.3. The van der Waals surface area contributed by atoms with Gasteiger partial charge in [0, 0.05) is 6.61 Å². The maximum atomic E-state index is 12.3. The van der Waals surface area contributed by atoms with E-state index in [9.17, 15) is 4.79 Å². The smallest absolute Gasteiger partial charge is 0.240 e. The number of amides is 1. The Morgan fingerprint density at radius 1 is 1.59 bits per heavy atom. The highest BCUT2D eigenvalue weighted by Crippen LogP contribution is 2.24.